The molecule has 0 spiro atoms. The second kappa shape index (κ2) is 3.78. The van der Waals surface area contributed by atoms with Gasteiger partial charge < -0.3 is 19.9 Å². The number of hydrogen-bond donors (Lipinski definition) is 2. The number of ketones is 1. The number of carbonyl (C=O) groups is 1. The Labute approximate surface area is 86.6 Å². The standard InChI is InChI=1S/C10H11NO4/c1-11-4-7(12)6-2-3-8-10(9(6)13)15-5-14-8/h2-3,11,13H,4-5H2,1H3. The third-order valence-electron chi connectivity index (χ3n) is 2.15. The Kier molecular flexibility index (Phi) is 2.47. The van der Waals surface area contributed by atoms with E-state index in [1.165, 1.54) is 6.07 Å². The molecule has 1 aliphatic rings. The van der Waals surface area contributed by atoms with Crippen LogP contribution in [0.4, 0.5) is 0 Å². The van der Waals surface area contributed by atoms with Crippen LogP contribution in [0.5, 0.6) is 17.2 Å². The molecule has 1 heterocycles. The third kappa shape index (κ3) is 1.61. The van der Waals surface area contributed by atoms with Crippen molar-refractivity contribution in [2.24, 2.45) is 0 Å². The van der Waals surface area contributed by atoms with Gasteiger partial charge in [-0.25, -0.2) is 0 Å². The second-order valence-electron chi connectivity index (χ2n) is 3.15. The van der Waals surface area contributed by atoms with Gasteiger partial charge in [-0.05, 0) is 19.2 Å². The van der Waals surface area contributed by atoms with Crippen molar-refractivity contribution in [3.63, 3.8) is 0 Å². The summed E-state index contributed by atoms with van der Waals surface area (Å²) in [6, 6.07) is 3.15. The molecule has 2 rings (SSSR count). The summed E-state index contributed by atoms with van der Waals surface area (Å²) < 4.78 is 10.1. The van der Waals surface area contributed by atoms with Gasteiger partial charge in [-0.1, -0.05) is 0 Å². The summed E-state index contributed by atoms with van der Waals surface area (Å²) >= 11 is 0. The maximum Gasteiger partial charge on any atom is 0.231 e. The summed E-state index contributed by atoms with van der Waals surface area (Å²) in [5.74, 6) is 0.379. The molecule has 2 N–H and O–H groups in total. The predicted molar refractivity (Wildman–Crippen MR) is 52.5 cm³/mol. The molecule has 0 aliphatic carbocycles. The lowest BCUT2D eigenvalue weighted by Crippen LogP contribution is -2.18. The Morgan fingerprint density at radius 1 is 1.53 bits per heavy atom. The average Bonchev–Trinajstić information content (AvgIpc) is 2.67. The van der Waals surface area contributed by atoms with Crippen molar-refractivity contribution in [1.29, 1.82) is 0 Å². The van der Waals surface area contributed by atoms with E-state index in [1.54, 1.807) is 13.1 Å². The van der Waals surface area contributed by atoms with Crippen molar-refractivity contribution in [1.82, 2.24) is 5.32 Å². The summed E-state index contributed by atoms with van der Waals surface area (Å²) in [6.07, 6.45) is 0. The van der Waals surface area contributed by atoms with Gasteiger partial charge in [0.25, 0.3) is 0 Å². The molecule has 1 aliphatic heterocycles. The lowest BCUT2D eigenvalue weighted by atomic mass is 10.1. The van der Waals surface area contributed by atoms with E-state index in [0.717, 1.165) is 0 Å². The van der Waals surface area contributed by atoms with E-state index >= 15 is 0 Å². The molecule has 1 aromatic rings. The Bertz CT molecular complexity index is 403. The number of carbonyl (C=O) groups excluding carboxylic acids is 1. The molecule has 0 bridgehead atoms. The van der Waals surface area contributed by atoms with Gasteiger partial charge in [0.2, 0.25) is 12.5 Å². The fourth-order valence-corrected chi connectivity index (χ4v) is 1.44. The number of benzene rings is 1. The Morgan fingerprint density at radius 2 is 2.33 bits per heavy atom. The fourth-order valence-electron chi connectivity index (χ4n) is 1.44. The van der Waals surface area contributed by atoms with E-state index in [0.29, 0.717) is 5.75 Å². The molecule has 0 radical (unpaired) electrons. The molecule has 15 heavy (non-hydrogen) atoms. The molecular weight excluding hydrogens is 198 g/mol. The van der Waals surface area contributed by atoms with Crippen molar-refractivity contribution in [3.05, 3.63) is 17.7 Å². The molecule has 0 atom stereocenters. The molecule has 5 nitrogen and oxygen atoms in total. The van der Waals surface area contributed by atoms with Crippen molar-refractivity contribution in [2.75, 3.05) is 20.4 Å². The number of nitrogens with one attached hydrogen (secondary N) is 1. The minimum atomic E-state index is -0.187. The van der Waals surface area contributed by atoms with Crippen LogP contribution < -0.4 is 14.8 Å². The quantitative estimate of drug-likeness (QED) is 0.710. The van der Waals surface area contributed by atoms with Crippen LogP contribution in [0.25, 0.3) is 0 Å². The largest absolute Gasteiger partial charge is 0.504 e. The molecule has 5 heteroatoms. The summed E-state index contributed by atoms with van der Waals surface area (Å²) in [5.41, 5.74) is 0.244. The van der Waals surface area contributed by atoms with Gasteiger partial charge in [0.05, 0.1) is 12.1 Å². The van der Waals surface area contributed by atoms with Gasteiger partial charge >= 0.3 is 0 Å². The van der Waals surface area contributed by atoms with Crippen LogP contribution in [0, 0.1) is 0 Å². The molecular formula is C10H11NO4. The first-order valence-corrected chi connectivity index (χ1v) is 4.53. The molecule has 0 amide bonds. The summed E-state index contributed by atoms with van der Waals surface area (Å²) in [6.45, 7) is 0.250. The minimum Gasteiger partial charge on any atom is -0.504 e. The first-order valence-electron chi connectivity index (χ1n) is 4.53. The summed E-state index contributed by atoms with van der Waals surface area (Å²) in [4.78, 5) is 11.5. The van der Waals surface area contributed by atoms with Gasteiger partial charge in [0.1, 0.15) is 0 Å². The number of aromatic hydroxyl groups is 1. The number of phenols is 1. The topological polar surface area (TPSA) is 67.8 Å². The predicted octanol–water partition coefficient (Wildman–Crippen LogP) is 0.523. The highest BCUT2D eigenvalue weighted by atomic mass is 16.7. The van der Waals surface area contributed by atoms with Gasteiger partial charge in [0.15, 0.2) is 17.3 Å². The second-order valence-corrected chi connectivity index (χ2v) is 3.15. The Hall–Kier alpha value is -1.75. The first kappa shape index (κ1) is 9.79. The SMILES string of the molecule is CNCC(=O)c1ccc2c(c1O)OCO2. The van der Waals surface area contributed by atoms with Crippen LogP contribution >= 0.6 is 0 Å². The van der Waals surface area contributed by atoms with Crippen LogP contribution in [-0.4, -0.2) is 31.3 Å². The lowest BCUT2D eigenvalue weighted by molar-refractivity contribution is 0.0990. The minimum absolute atomic E-state index is 0.0760. The summed E-state index contributed by atoms with van der Waals surface area (Å²) in [5, 5.41) is 12.5. The number of ether oxygens (including phenoxy) is 2. The van der Waals surface area contributed by atoms with E-state index in [1.807, 2.05) is 0 Å². The van der Waals surface area contributed by atoms with Crippen molar-refractivity contribution in [3.8, 4) is 17.2 Å². The van der Waals surface area contributed by atoms with Crippen molar-refractivity contribution < 1.29 is 19.4 Å². The van der Waals surface area contributed by atoms with Crippen LogP contribution in [0.15, 0.2) is 12.1 Å². The normalized spacial score (nSPS) is 12.9. The lowest BCUT2D eigenvalue weighted by Gasteiger charge is -2.05. The maximum absolute atomic E-state index is 11.5. The summed E-state index contributed by atoms with van der Waals surface area (Å²) in [7, 11) is 1.67. The van der Waals surface area contributed by atoms with Crippen LogP contribution in [0.3, 0.4) is 0 Å². The number of phenolic OH excluding ortho intramolecular Hbond substituents is 1. The van der Waals surface area contributed by atoms with Crippen molar-refractivity contribution in [2.45, 2.75) is 0 Å². The molecule has 1 aromatic carbocycles. The van der Waals surface area contributed by atoms with Gasteiger partial charge in [-0.15, -0.1) is 0 Å². The Morgan fingerprint density at radius 3 is 3.07 bits per heavy atom. The van der Waals surface area contributed by atoms with Crippen LogP contribution in [0.1, 0.15) is 10.4 Å². The number of hydrogen-bond acceptors (Lipinski definition) is 5. The van der Waals surface area contributed by atoms with Gasteiger partial charge in [-0.2, -0.15) is 0 Å². The molecule has 0 unspecified atom stereocenters. The number of rotatable bonds is 3. The zero-order chi connectivity index (χ0) is 10.8. The van der Waals surface area contributed by atoms with Gasteiger partial charge in [-0.3, -0.25) is 4.79 Å². The highest BCUT2D eigenvalue weighted by molar-refractivity contribution is 6.01. The molecule has 0 aromatic heterocycles. The highest BCUT2D eigenvalue weighted by Gasteiger charge is 2.22. The van der Waals surface area contributed by atoms with Crippen LogP contribution in [-0.2, 0) is 0 Å². The first-order chi connectivity index (χ1) is 7.24. The van der Waals surface area contributed by atoms with E-state index < -0.39 is 0 Å². The monoisotopic (exact) mass is 209 g/mol. The molecule has 80 valence electrons. The highest BCUT2D eigenvalue weighted by Crippen LogP contribution is 2.42. The number of likely N-dealkylation sites (N-methyl/N-ethyl adjacent to an activating group) is 1. The Balaban J connectivity index is 2.38. The molecule has 0 saturated carbocycles. The van der Waals surface area contributed by atoms with E-state index in [9.17, 15) is 9.90 Å². The number of Topliss-reactive ketones (excluding diaryl/α,β-unsaturated/α-hetero) is 1. The van der Waals surface area contributed by atoms with E-state index in [4.69, 9.17) is 9.47 Å². The average molecular weight is 209 g/mol. The zero-order valence-electron chi connectivity index (χ0n) is 8.24. The maximum atomic E-state index is 11.5. The molecule has 0 saturated heterocycles. The van der Waals surface area contributed by atoms with E-state index in [-0.39, 0.29) is 36.2 Å². The third-order valence-corrected chi connectivity index (χ3v) is 2.15. The smallest absolute Gasteiger partial charge is 0.231 e. The van der Waals surface area contributed by atoms with Crippen molar-refractivity contribution >= 4 is 5.78 Å². The zero-order valence-corrected chi connectivity index (χ0v) is 8.24. The van der Waals surface area contributed by atoms with Gasteiger partial charge in [0, 0.05) is 0 Å². The molecule has 0 fully saturated rings. The number of fused-ring (bicyclic) bond motifs is 1. The van der Waals surface area contributed by atoms with E-state index in [2.05, 4.69) is 5.32 Å². The van der Waals surface area contributed by atoms with Crippen LogP contribution in [0.2, 0.25) is 0 Å². The fraction of sp³-hybridized carbons (Fsp3) is 0.300.